The summed E-state index contributed by atoms with van der Waals surface area (Å²) in [5.41, 5.74) is 8.21. The third kappa shape index (κ3) is 3.94. The number of hydrogen-bond donors (Lipinski definition) is 2. The maximum absolute atomic E-state index is 12.3. The monoisotopic (exact) mass is 338 g/mol. The topological polar surface area (TPSA) is 55.1 Å². The minimum atomic E-state index is -0.303. The Balaban J connectivity index is 2.31. The van der Waals surface area contributed by atoms with Gasteiger partial charge in [0.15, 0.2) is 0 Å². The molecule has 0 fully saturated rings. The first-order valence-corrected chi connectivity index (χ1v) is 7.21. The molecule has 0 saturated carbocycles. The van der Waals surface area contributed by atoms with Crippen molar-refractivity contribution >= 4 is 52.0 Å². The van der Waals surface area contributed by atoms with Crippen LogP contribution in [0.3, 0.4) is 0 Å². The van der Waals surface area contributed by atoms with Gasteiger partial charge in [-0.2, -0.15) is 0 Å². The van der Waals surface area contributed by atoms with Gasteiger partial charge in [-0.3, -0.25) is 4.79 Å². The van der Waals surface area contributed by atoms with Gasteiger partial charge in [0.1, 0.15) is 4.99 Å². The number of aryl methyl sites for hydroxylation is 1. The second-order valence-corrected chi connectivity index (χ2v) is 5.82. The highest BCUT2D eigenvalue weighted by molar-refractivity contribution is 7.80. The smallest absolute Gasteiger partial charge is 0.255 e. The van der Waals surface area contributed by atoms with Crippen LogP contribution in [0.1, 0.15) is 21.5 Å². The lowest BCUT2D eigenvalue weighted by Crippen LogP contribution is -2.15. The molecule has 0 heterocycles. The summed E-state index contributed by atoms with van der Waals surface area (Å²) >= 11 is 16.7. The van der Waals surface area contributed by atoms with Crippen molar-refractivity contribution in [3.63, 3.8) is 0 Å². The van der Waals surface area contributed by atoms with Crippen LogP contribution in [-0.2, 0) is 0 Å². The molecule has 0 saturated heterocycles. The summed E-state index contributed by atoms with van der Waals surface area (Å²) in [6.45, 7) is 1.88. The molecule has 0 bridgehead atoms. The van der Waals surface area contributed by atoms with Crippen molar-refractivity contribution in [2.75, 3.05) is 5.32 Å². The summed E-state index contributed by atoms with van der Waals surface area (Å²) in [6.07, 6.45) is 0. The van der Waals surface area contributed by atoms with Crippen LogP contribution in [0, 0.1) is 6.92 Å². The molecule has 0 atom stereocenters. The molecule has 0 radical (unpaired) electrons. The number of carbonyl (C=O) groups excluding carboxylic acids is 1. The highest BCUT2D eigenvalue weighted by Crippen LogP contribution is 2.22. The summed E-state index contributed by atoms with van der Waals surface area (Å²) in [6, 6.07) is 10.1. The second-order valence-electron chi connectivity index (χ2n) is 4.51. The number of amides is 1. The molecule has 1 amide bonds. The molecule has 108 valence electrons. The average molecular weight is 339 g/mol. The maximum Gasteiger partial charge on any atom is 0.255 e. The van der Waals surface area contributed by atoms with Crippen molar-refractivity contribution in [2.24, 2.45) is 5.73 Å². The predicted octanol–water partition coefficient (Wildman–Crippen LogP) is 4.19. The van der Waals surface area contributed by atoms with Gasteiger partial charge in [-0.05, 0) is 36.8 Å². The van der Waals surface area contributed by atoms with Gasteiger partial charge < -0.3 is 11.1 Å². The molecule has 0 aliphatic carbocycles. The Morgan fingerprint density at radius 1 is 1.10 bits per heavy atom. The molecule has 3 N–H and O–H groups in total. The standard InChI is InChI=1S/C15H12Cl2N2OS/c1-8-2-3-9(14(18)21)6-13(8)19-15(20)10-4-11(16)7-12(17)5-10/h2-7H,1H3,(H2,18,21)(H,19,20). The van der Waals surface area contributed by atoms with Crippen LogP contribution in [0.5, 0.6) is 0 Å². The fourth-order valence-corrected chi connectivity index (χ4v) is 2.44. The molecule has 0 aromatic heterocycles. The van der Waals surface area contributed by atoms with Crippen LogP contribution in [0.4, 0.5) is 5.69 Å². The number of nitrogens with two attached hydrogens (primary N) is 1. The number of carbonyl (C=O) groups is 1. The van der Waals surface area contributed by atoms with Crippen LogP contribution in [0.2, 0.25) is 10.0 Å². The van der Waals surface area contributed by atoms with Crippen LogP contribution < -0.4 is 11.1 Å². The van der Waals surface area contributed by atoms with E-state index in [0.717, 1.165) is 5.56 Å². The van der Waals surface area contributed by atoms with Gasteiger partial charge in [0.25, 0.3) is 5.91 Å². The molecule has 3 nitrogen and oxygen atoms in total. The van der Waals surface area contributed by atoms with E-state index in [1.807, 2.05) is 19.1 Å². The average Bonchev–Trinajstić information content (AvgIpc) is 2.39. The lowest BCUT2D eigenvalue weighted by molar-refractivity contribution is 0.102. The van der Waals surface area contributed by atoms with Gasteiger partial charge in [-0.25, -0.2) is 0 Å². The number of hydrogen-bond acceptors (Lipinski definition) is 2. The van der Waals surface area contributed by atoms with Gasteiger partial charge in [-0.15, -0.1) is 0 Å². The Bertz CT molecular complexity index is 711. The molecular weight excluding hydrogens is 327 g/mol. The molecule has 2 rings (SSSR count). The minimum Gasteiger partial charge on any atom is -0.389 e. The fraction of sp³-hybridized carbons (Fsp3) is 0.0667. The number of nitrogens with one attached hydrogen (secondary N) is 1. The minimum absolute atomic E-state index is 0.274. The lowest BCUT2D eigenvalue weighted by Gasteiger charge is -2.10. The maximum atomic E-state index is 12.3. The highest BCUT2D eigenvalue weighted by atomic mass is 35.5. The number of halogens is 2. The van der Waals surface area contributed by atoms with Gasteiger partial charge in [0.05, 0.1) is 0 Å². The number of anilines is 1. The van der Waals surface area contributed by atoms with E-state index in [-0.39, 0.29) is 10.9 Å². The van der Waals surface area contributed by atoms with Crippen molar-refractivity contribution in [1.82, 2.24) is 0 Å². The highest BCUT2D eigenvalue weighted by Gasteiger charge is 2.10. The molecule has 2 aromatic carbocycles. The zero-order valence-corrected chi connectivity index (χ0v) is 13.4. The Morgan fingerprint density at radius 2 is 1.71 bits per heavy atom. The van der Waals surface area contributed by atoms with E-state index in [0.29, 0.717) is 26.9 Å². The van der Waals surface area contributed by atoms with E-state index < -0.39 is 0 Å². The predicted molar refractivity (Wildman–Crippen MR) is 91.5 cm³/mol. The lowest BCUT2D eigenvalue weighted by atomic mass is 10.1. The van der Waals surface area contributed by atoms with Gasteiger partial charge >= 0.3 is 0 Å². The molecule has 0 aliphatic rings. The first-order valence-electron chi connectivity index (χ1n) is 6.04. The summed E-state index contributed by atoms with van der Waals surface area (Å²) in [5.74, 6) is -0.303. The summed E-state index contributed by atoms with van der Waals surface area (Å²) < 4.78 is 0. The number of benzene rings is 2. The van der Waals surface area contributed by atoms with Crippen molar-refractivity contribution < 1.29 is 4.79 Å². The van der Waals surface area contributed by atoms with Crippen molar-refractivity contribution in [2.45, 2.75) is 6.92 Å². The van der Waals surface area contributed by atoms with Gasteiger partial charge in [0, 0.05) is 26.9 Å². The molecule has 6 heteroatoms. The van der Waals surface area contributed by atoms with Crippen LogP contribution >= 0.6 is 35.4 Å². The summed E-state index contributed by atoms with van der Waals surface area (Å²) in [7, 11) is 0. The van der Waals surface area contributed by atoms with Crippen LogP contribution in [0.25, 0.3) is 0 Å². The Kier molecular flexibility index (Phi) is 4.83. The van der Waals surface area contributed by atoms with E-state index in [9.17, 15) is 4.79 Å². The van der Waals surface area contributed by atoms with Crippen LogP contribution in [0.15, 0.2) is 36.4 Å². The van der Waals surface area contributed by atoms with E-state index in [2.05, 4.69) is 5.32 Å². The fourth-order valence-electron chi connectivity index (χ4n) is 1.79. The largest absolute Gasteiger partial charge is 0.389 e. The molecule has 2 aromatic rings. The van der Waals surface area contributed by atoms with E-state index in [1.165, 1.54) is 0 Å². The van der Waals surface area contributed by atoms with Gasteiger partial charge in [0.2, 0.25) is 0 Å². The Hall–Kier alpha value is -1.62. The first-order chi connectivity index (χ1) is 9.86. The molecule has 0 spiro atoms. The first kappa shape index (κ1) is 15.8. The van der Waals surface area contributed by atoms with Gasteiger partial charge in [-0.1, -0.05) is 47.6 Å². The normalized spacial score (nSPS) is 10.2. The number of thiocarbonyl (C=S) groups is 1. The summed E-state index contributed by atoms with van der Waals surface area (Å²) in [4.78, 5) is 12.5. The van der Waals surface area contributed by atoms with Crippen molar-refractivity contribution in [3.05, 3.63) is 63.1 Å². The molecule has 0 unspecified atom stereocenters. The van der Waals surface area contributed by atoms with E-state index in [4.69, 9.17) is 41.2 Å². The quantitative estimate of drug-likeness (QED) is 0.825. The van der Waals surface area contributed by atoms with Crippen LogP contribution in [-0.4, -0.2) is 10.9 Å². The second kappa shape index (κ2) is 6.43. The third-order valence-electron chi connectivity index (χ3n) is 2.90. The Labute approximate surface area is 138 Å². The van der Waals surface area contributed by atoms with Crippen molar-refractivity contribution in [1.29, 1.82) is 0 Å². The van der Waals surface area contributed by atoms with E-state index in [1.54, 1.807) is 24.3 Å². The third-order valence-corrected chi connectivity index (χ3v) is 3.57. The zero-order chi connectivity index (χ0) is 15.6. The Morgan fingerprint density at radius 3 is 2.29 bits per heavy atom. The number of rotatable bonds is 3. The van der Waals surface area contributed by atoms with Crippen molar-refractivity contribution in [3.8, 4) is 0 Å². The molecular formula is C15H12Cl2N2OS. The molecule has 21 heavy (non-hydrogen) atoms. The summed E-state index contributed by atoms with van der Waals surface area (Å²) in [5, 5.41) is 3.61. The SMILES string of the molecule is Cc1ccc(C(N)=S)cc1NC(=O)c1cc(Cl)cc(Cl)c1. The molecule has 0 aliphatic heterocycles. The zero-order valence-electron chi connectivity index (χ0n) is 11.1. The van der Waals surface area contributed by atoms with E-state index >= 15 is 0 Å².